The van der Waals surface area contributed by atoms with Crippen molar-refractivity contribution < 1.29 is 9.47 Å². The van der Waals surface area contributed by atoms with Crippen LogP contribution in [0.1, 0.15) is 49.9 Å². The van der Waals surface area contributed by atoms with Crippen LogP contribution in [0.4, 0.5) is 0 Å². The average Bonchev–Trinajstić information content (AvgIpc) is 3.65. The molecule has 0 aliphatic heterocycles. The van der Waals surface area contributed by atoms with Crippen molar-refractivity contribution in [3.8, 4) is 22.6 Å². The van der Waals surface area contributed by atoms with E-state index in [0.29, 0.717) is 0 Å². The van der Waals surface area contributed by atoms with Crippen LogP contribution in [-0.2, 0) is 10.8 Å². The first-order valence-electron chi connectivity index (χ1n) is 15.8. The number of hydrogen-bond acceptors (Lipinski definition) is 2. The van der Waals surface area contributed by atoms with Crippen molar-refractivity contribution in [3.63, 3.8) is 0 Å². The zero-order valence-corrected chi connectivity index (χ0v) is 26.6. The number of nitrogens with zero attached hydrogens (tertiary/aromatic N) is 1. The van der Waals surface area contributed by atoms with Crippen LogP contribution in [0.3, 0.4) is 0 Å². The van der Waals surface area contributed by atoms with Gasteiger partial charge in [0.25, 0.3) is 0 Å². The van der Waals surface area contributed by atoms with Crippen molar-refractivity contribution in [2.75, 3.05) is 14.2 Å². The Morgan fingerprint density at radius 1 is 0.622 bits per heavy atom. The van der Waals surface area contributed by atoms with Crippen molar-refractivity contribution in [1.82, 2.24) is 4.40 Å². The lowest BCUT2D eigenvalue weighted by atomic mass is 9.74. The predicted octanol–water partition coefficient (Wildman–Crippen LogP) is 10.6. The van der Waals surface area contributed by atoms with Crippen LogP contribution >= 0.6 is 0 Å². The topological polar surface area (TPSA) is 22.9 Å². The minimum absolute atomic E-state index is 0.0546. The lowest BCUT2D eigenvalue weighted by Crippen LogP contribution is -2.22. The Hall–Kier alpha value is -5.02. The van der Waals surface area contributed by atoms with Gasteiger partial charge in [0.1, 0.15) is 11.5 Å². The molecule has 1 aliphatic carbocycles. The van der Waals surface area contributed by atoms with Crippen molar-refractivity contribution in [3.05, 3.63) is 125 Å². The molecule has 1 aliphatic rings. The highest BCUT2D eigenvalue weighted by Crippen LogP contribution is 2.54. The van der Waals surface area contributed by atoms with Gasteiger partial charge in [-0.2, -0.15) is 0 Å². The SMILES string of the molecule is COc1ccc2c(c1)C(C)(c1ccccc1)c1cc3cc4c(cc3cc1-2)c1ccc(OC)c2c3cc(C(C)(C)C)ccc3n4c12. The second-order valence-electron chi connectivity index (χ2n) is 13.9. The van der Waals surface area contributed by atoms with Gasteiger partial charge >= 0.3 is 0 Å². The summed E-state index contributed by atoms with van der Waals surface area (Å²) in [7, 11) is 3.53. The van der Waals surface area contributed by atoms with Crippen LogP contribution in [0.5, 0.6) is 11.5 Å². The molecule has 2 heterocycles. The van der Waals surface area contributed by atoms with Crippen molar-refractivity contribution in [2.24, 2.45) is 0 Å². The summed E-state index contributed by atoms with van der Waals surface area (Å²) < 4.78 is 14.2. The molecule has 0 fully saturated rings. The third-order valence-electron chi connectivity index (χ3n) is 10.5. The molecule has 1 atom stereocenters. The van der Waals surface area contributed by atoms with E-state index in [-0.39, 0.29) is 10.8 Å². The molecule has 8 aromatic rings. The molecule has 0 spiro atoms. The van der Waals surface area contributed by atoms with E-state index in [4.69, 9.17) is 9.47 Å². The molecular formula is C42H35NO2. The molecule has 0 saturated carbocycles. The molecule has 3 nitrogen and oxygen atoms in total. The van der Waals surface area contributed by atoms with Crippen molar-refractivity contribution in [2.45, 2.75) is 38.5 Å². The Balaban J connectivity index is 1.39. The van der Waals surface area contributed by atoms with Gasteiger partial charge in [-0.15, -0.1) is 0 Å². The maximum Gasteiger partial charge on any atom is 0.128 e. The summed E-state index contributed by atoms with van der Waals surface area (Å²) in [5, 5.41) is 7.47. The largest absolute Gasteiger partial charge is 0.497 e. The number of rotatable bonds is 3. The van der Waals surface area contributed by atoms with E-state index in [1.165, 1.54) is 82.2 Å². The highest BCUT2D eigenvalue weighted by atomic mass is 16.5. The predicted molar refractivity (Wildman–Crippen MR) is 188 cm³/mol. The normalized spacial score (nSPS) is 16.3. The van der Waals surface area contributed by atoms with E-state index < -0.39 is 0 Å². The zero-order valence-electron chi connectivity index (χ0n) is 26.6. The maximum atomic E-state index is 5.98. The summed E-state index contributed by atoms with van der Waals surface area (Å²) in [5.74, 6) is 1.81. The highest BCUT2D eigenvalue weighted by molar-refractivity contribution is 6.26. The molecule has 2 aromatic heterocycles. The van der Waals surface area contributed by atoms with E-state index >= 15 is 0 Å². The van der Waals surface area contributed by atoms with Gasteiger partial charge in [0.2, 0.25) is 0 Å². The maximum absolute atomic E-state index is 5.98. The van der Waals surface area contributed by atoms with E-state index in [2.05, 4.69) is 135 Å². The van der Waals surface area contributed by atoms with Crippen LogP contribution in [0.2, 0.25) is 0 Å². The fourth-order valence-corrected chi connectivity index (χ4v) is 8.12. The first-order valence-corrected chi connectivity index (χ1v) is 15.8. The van der Waals surface area contributed by atoms with Crippen LogP contribution in [0, 0.1) is 0 Å². The monoisotopic (exact) mass is 585 g/mol. The van der Waals surface area contributed by atoms with Gasteiger partial charge in [-0.25, -0.2) is 0 Å². The molecule has 0 amide bonds. The molecular weight excluding hydrogens is 550 g/mol. The molecule has 6 aromatic carbocycles. The van der Waals surface area contributed by atoms with Gasteiger partial charge in [0.05, 0.1) is 36.2 Å². The van der Waals surface area contributed by atoms with Gasteiger partial charge in [0.15, 0.2) is 0 Å². The Bertz CT molecular complexity index is 2500. The van der Waals surface area contributed by atoms with Gasteiger partial charge in [-0.3, -0.25) is 0 Å². The minimum atomic E-state index is -0.305. The number of methoxy groups -OCH3 is 2. The third-order valence-corrected chi connectivity index (χ3v) is 10.5. The van der Waals surface area contributed by atoms with Gasteiger partial charge < -0.3 is 13.9 Å². The minimum Gasteiger partial charge on any atom is -0.497 e. The standard InChI is InChI=1S/C42H35NO2/c1-41(2,3)27-12-16-36-33(22-27)39-38(45-6)17-15-30-32-19-24-18-31-29-14-13-28(44-5)23-35(29)42(4,26-10-8-7-9-11-26)34(31)20-25(24)21-37(32)43(36)40(30)39/h7-23H,1-6H3. The Labute approximate surface area is 263 Å². The van der Waals surface area contributed by atoms with Gasteiger partial charge in [-0.1, -0.05) is 63.2 Å². The Morgan fingerprint density at radius 3 is 2.16 bits per heavy atom. The van der Waals surface area contributed by atoms with Gasteiger partial charge in [-0.05, 0) is 117 Å². The number of aromatic nitrogens is 1. The lowest BCUT2D eigenvalue weighted by molar-refractivity contribution is 0.414. The number of fused-ring (bicyclic) bond motifs is 10. The van der Waals surface area contributed by atoms with E-state index in [9.17, 15) is 0 Å². The molecule has 3 heteroatoms. The number of benzene rings is 6. The summed E-state index contributed by atoms with van der Waals surface area (Å²) >= 11 is 0. The highest BCUT2D eigenvalue weighted by Gasteiger charge is 2.41. The van der Waals surface area contributed by atoms with Crippen LogP contribution in [-0.4, -0.2) is 18.6 Å². The van der Waals surface area contributed by atoms with Crippen LogP contribution < -0.4 is 9.47 Å². The van der Waals surface area contributed by atoms with E-state index in [0.717, 1.165) is 11.5 Å². The van der Waals surface area contributed by atoms with E-state index in [1.54, 1.807) is 14.2 Å². The van der Waals surface area contributed by atoms with Crippen LogP contribution in [0.25, 0.3) is 60.0 Å². The second kappa shape index (κ2) is 8.79. The second-order valence-corrected chi connectivity index (χ2v) is 13.9. The van der Waals surface area contributed by atoms with Crippen molar-refractivity contribution in [1.29, 1.82) is 0 Å². The fourth-order valence-electron chi connectivity index (χ4n) is 8.12. The molecule has 220 valence electrons. The Kier molecular flexibility index (Phi) is 5.15. The van der Waals surface area contributed by atoms with Gasteiger partial charge in [0, 0.05) is 21.6 Å². The number of ether oxygens (including phenoxy) is 2. The molecule has 0 bridgehead atoms. The smallest absolute Gasteiger partial charge is 0.128 e. The Morgan fingerprint density at radius 2 is 1.40 bits per heavy atom. The zero-order chi connectivity index (χ0) is 30.8. The molecule has 0 radical (unpaired) electrons. The summed E-state index contributed by atoms with van der Waals surface area (Å²) in [6.45, 7) is 9.20. The van der Waals surface area contributed by atoms with Crippen molar-refractivity contribution >= 4 is 48.9 Å². The van der Waals surface area contributed by atoms with E-state index in [1.807, 2.05) is 0 Å². The molecule has 9 rings (SSSR count). The van der Waals surface area contributed by atoms with Crippen LogP contribution in [0.15, 0.2) is 103 Å². The molecule has 1 unspecified atom stereocenters. The lowest BCUT2D eigenvalue weighted by Gasteiger charge is -2.28. The molecule has 0 saturated heterocycles. The molecule has 45 heavy (non-hydrogen) atoms. The summed E-state index contributed by atoms with van der Waals surface area (Å²) in [4.78, 5) is 0. The molecule has 0 N–H and O–H groups in total. The first kappa shape index (κ1) is 26.4. The summed E-state index contributed by atoms with van der Waals surface area (Å²) in [6, 6.07) is 38.4. The fraction of sp³-hybridized carbons (Fsp3) is 0.190. The quantitative estimate of drug-likeness (QED) is 0.206. The summed E-state index contributed by atoms with van der Waals surface area (Å²) in [6.07, 6.45) is 0. The third kappa shape index (κ3) is 3.36. The average molecular weight is 586 g/mol. The summed E-state index contributed by atoms with van der Waals surface area (Å²) in [5.41, 5.74) is 11.2. The first-order chi connectivity index (χ1) is 21.7. The number of hydrogen-bond donors (Lipinski definition) is 0.